The number of benzene rings is 2. The fraction of sp³-hybridized carbons (Fsp3) is 0.294. The Hall–Kier alpha value is -0.860. The number of fused-ring (bicyclic) bond motifs is 3. The van der Waals surface area contributed by atoms with Gasteiger partial charge in [-0.1, -0.05) is 50.2 Å². The number of rotatable bonds is 2. The largest absolute Gasteiger partial charge is 0.175 e. The zero-order valence-electron chi connectivity index (χ0n) is 11.3. The van der Waals surface area contributed by atoms with Gasteiger partial charge in [-0.25, -0.2) is 0 Å². The summed E-state index contributed by atoms with van der Waals surface area (Å²) in [6.45, 7) is 4.62. The van der Waals surface area contributed by atoms with Crippen molar-refractivity contribution >= 4 is 25.3 Å². The van der Waals surface area contributed by atoms with E-state index in [-0.39, 0.29) is 5.41 Å². The van der Waals surface area contributed by atoms with Crippen molar-refractivity contribution in [3.63, 3.8) is 0 Å². The summed E-state index contributed by atoms with van der Waals surface area (Å²) in [4.78, 5) is 0. The van der Waals surface area contributed by atoms with Crippen LogP contribution in [0.4, 0.5) is 0 Å². The first-order chi connectivity index (χ1) is 9.07. The quantitative estimate of drug-likeness (QED) is 0.724. The molecule has 0 spiro atoms. The third kappa shape index (κ3) is 1.93. The fourth-order valence-corrected chi connectivity index (χ4v) is 3.42. The van der Waals surface area contributed by atoms with E-state index < -0.39 is 0 Å². The minimum absolute atomic E-state index is 0.0720. The van der Waals surface area contributed by atoms with E-state index in [4.69, 9.17) is 0 Å². The highest BCUT2D eigenvalue weighted by atomic mass is 32.1. The third-order valence-electron chi connectivity index (χ3n) is 4.17. The molecule has 0 amide bonds. The standard InChI is InChI=1S/C17H18S2/c1-17(2)15-7-11(9-18)3-5-13(15)14-6-4-12(10-19)8-16(14)17/h3-8,18-19H,9-10H2,1-2H3. The van der Waals surface area contributed by atoms with Gasteiger partial charge < -0.3 is 0 Å². The summed E-state index contributed by atoms with van der Waals surface area (Å²) in [5.74, 6) is 1.59. The average Bonchev–Trinajstić information content (AvgIpc) is 2.67. The molecule has 2 heteroatoms. The first-order valence-electron chi connectivity index (χ1n) is 6.57. The van der Waals surface area contributed by atoms with Crippen LogP contribution in [0.5, 0.6) is 0 Å². The summed E-state index contributed by atoms with van der Waals surface area (Å²) >= 11 is 8.78. The van der Waals surface area contributed by atoms with Crippen LogP contribution in [0.15, 0.2) is 36.4 Å². The van der Waals surface area contributed by atoms with E-state index in [0.717, 1.165) is 11.5 Å². The Labute approximate surface area is 126 Å². The van der Waals surface area contributed by atoms with Gasteiger partial charge in [0.1, 0.15) is 0 Å². The molecule has 0 fully saturated rings. The summed E-state index contributed by atoms with van der Waals surface area (Å²) < 4.78 is 0. The van der Waals surface area contributed by atoms with Crippen molar-refractivity contribution in [2.75, 3.05) is 0 Å². The van der Waals surface area contributed by atoms with Crippen molar-refractivity contribution in [2.45, 2.75) is 30.8 Å². The van der Waals surface area contributed by atoms with Crippen LogP contribution < -0.4 is 0 Å². The van der Waals surface area contributed by atoms with Gasteiger partial charge in [0.05, 0.1) is 0 Å². The van der Waals surface area contributed by atoms with Gasteiger partial charge in [-0.2, -0.15) is 25.3 Å². The topological polar surface area (TPSA) is 0 Å². The molecule has 2 aromatic carbocycles. The molecule has 3 rings (SSSR count). The summed E-state index contributed by atoms with van der Waals surface area (Å²) in [6, 6.07) is 13.5. The zero-order valence-corrected chi connectivity index (χ0v) is 13.1. The monoisotopic (exact) mass is 286 g/mol. The first kappa shape index (κ1) is 13.1. The summed E-state index contributed by atoms with van der Waals surface area (Å²) in [6.07, 6.45) is 0. The fourth-order valence-electron chi connectivity index (χ4n) is 3.03. The smallest absolute Gasteiger partial charge is 0.0159 e. The molecule has 0 aliphatic heterocycles. The Morgan fingerprint density at radius 1 is 0.789 bits per heavy atom. The lowest BCUT2D eigenvalue weighted by Crippen LogP contribution is -2.15. The molecular formula is C17H18S2. The second-order valence-corrected chi connectivity index (χ2v) is 6.33. The van der Waals surface area contributed by atoms with Crippen molar-refractivity contribution in [3.05, 3.63) is 58.7 Å². The lowest BCUT2D eigenvalue weighted by atomic mass is 9.81. The second kappa shape index (κ2) is 4.60. The third-order valence-corrected chi connectivity index (χ3v) is 4.90. The molecule has 0 saturated heterocycles. The molecule has 0 unspecified atom stereocenters. The molecular weight excluding hydrogens is 268 g/mol. The van der Waals surface area contributed by atoms with Gasteiger partial charge in [-0.05, 0) is 33.4 Å². The van der Waals surface area contributed by atoms with Gasteiger partial charge in [0.25, 0.3) is 0 Å². The number of hydrogen-bond acceptors (Lipinski definition) is 2. The first-order valence-corrected chi connectivity index (χ1v) is 7.83. The van der Waals surface area contributed by atoms with Crippen LogP contribution in [0.1, 0.15) is 36.1 Å². The highest BCUT2D eigenvalue weighted by Crippen LogP contribution is 2.49. The van der Waals surface area contributed by atoms with Crippen LogP contribution in [0.25, 0.3) is 11.1 Å². The zero-order chi connectivity index (χ0) is 13.6. The van der Waals surface area contributed by atoms with E-state index in [9.17, 15) is 0 Å². The molecule has 1 aliphatic carbocycles. The highest BCUT2D eigenvalue weighted by Gasteiger charge is 2.35. The predicted molar refractivity (Wildman–Crippen MR) is 89.4 cm³/mol. The normalized spacial score (nSPS) is 15.2. The SMILES string of the molecule is CC1(C)c2cc(CS)ccc2-c2ccc(CS)cc21. The molecule has 0 atom stereocenters. The Morgan fingerprint density at radius 3 is 1.58 bits per heavy atom. The van der Waals surface area contributed by atoms with E-state index in [0.29, 0.717) is 0 Å². The van der Waals surface area contributed by atoms with Crippen LogP contribution >= 0.6 is 25.3 Å². The molecule has 2 aromatic rings. The Balaban J connectivity index is 2.26. The maximum absolute atomic E-state index is 4.39. The van der Waals surface area contributed by atoms with Gasteiger partial charge in [0.2, 0.25) is 0 Å². The van der Waals surface area contributed by atoms with Gasteiger partial charge in [-0.3, -0.25) is 0 Å². The lowest BCUT2D eigenvalue weighted by molar-refractivity contribution is 0.659. The van der Waals surface area contributed by atoms with E-state index >= 15 is 0 Å². The maximum Gasteiger partial charge on any atom is 0.0159 e. The molecule has 98 valence electrons. The second-order valence-electron chi connectivity index (χ2n) is 5.70. The summed E-state index contributed by atoms with van der Waals surface area (Å²) in [5.41, 5.74) is 8.24. The molecule has 0 bridgehead atoms. The van der Waals surface area contributed by atoms with Crippen LogP contribution in [-0.2, 0) is 16.9 Å². The minimum Gasteiger partial charge on any atom is -0.175 e. The Kier molecular flexibility index (Phi) is 3.18. The van der Waals surface area contributed by atoms with Crippen LogP contribution in [0.3, 0.4) is 0 Å². The van der Waals surface area contributed by atoms with Crippen molar-refractivity contribution in [1.29, 1.82) is 0 Å². The van der Waals surface area contributed by atoms with Gasteiger partial charge in [0.15, 0.2) is 0 Å². The summed E-state index contributed by atoms with van der Waals surface area (Å²) in [7, 11) is 0. The van der Waals surface area contributed by atoms with E-state index in [2.05, 4.69) is 75.5 Å². The Bertz CT molecular complexity index is 586. The molecule has 0 N–H and O–H groups in total. The summed E-state index contributed by atoms with van der Waals surface area (Å²) in [5, 5.41) is 0. The van der Waals surface area contributed by atoms with Gasteiger partial charge >= 0.3 is 0 Å². The van der Waals surface area contributed by atoms with Crippen molar-refractivity contribution < 1.29 is 0 Å². The number of thiol groups is 2. The molecule has 0 radical (unpaired) electrons. The van der Waals surface area contributed by atoms with Crippen molar-refractivity contribution in [1.82, 2.24) is 0 Å². The van der Waals surface area contributed by atoms with Crippen molar-refractivity contribution in [2.24, 2.45) is 0 Å². The molecule has 0 saturated carbocycles. The van der Waals surface area contributed by atoms with Crippen LogP contribution in [-0.4, -0.2) is 0 Å². The molecule has 1 aliphatic rings. The average molecular weight is 286 g/mol. The van der Waals surface area contributed by atoms with Gasteiger partial charge in [-0.15, -0.1) is 0 Å². The Morgan fingerprint density at radius 2 is 1.21 bits per heavy atom. The number of hydrogen-bond donors (Lipinski definition) is 2. The van der Waals surface area contributed by atoms with Crippen LogP contribution in [0, 0.1) is 0 Å². The van der Waals surface area contributed by atoms with E-state index in [1.165, 1.54) is 33.4 Å². The van der Waals surface area contributed by atoms with Crippen LogP contribution in [0.2, 0.25) is 0 Å². The van der Waals surface area contributed by atoms with E-state index in [1.54, 1.807) is 0 Å². The molecule has 0 aromatic heterocycles. The van der Waals surface area contributed by atoms with Crippen molar-refractivity contribution in [3.8, 4) is 11.1 Å². The highest BCUT2D eigenvalue weighted by molar-refractivity contribution is 7.79. The molecule has 0 nitrogen and oxygen atoms in total. The van der Waals surface area contributed by atoms with Gasteiger partial charge in [0, 0.05) is 16.9 Å². The minimum atomic E-state index is 0.0720. The maximum atomic E-state index is 4.39. The molecule has 19 heavy (non-hydrogen) atoms. The van der Waals surface area contributed by atoms with E-state index in [1.807, 2.05) is 0 Å². The molecule has 0 heterocycles. The predicted octanol–water partition coefficient (Wildman–Crippen LogP) is 4.85. The lowest BCUT2D eigenvalue weighted by Gasteiger charge is -2.22.